The quantitative estimate of drug-likeness (QED) is 0.655. The Labute approximate surface area is 66.2 Å². The zero-order chi connectivity index (χ0) is 7.56. The molecule has 0 saturated carbocycles. The lowest BCUT2D eigenvalue weighted by atomic mass is 10.4. The maximum Gasteiger partial charge on any atom is 0.217 e. The van der Waals surface area contributed by atoms with Crippen LogP contribution in [0.2, 0.25) is 0 Å². The van der Waals surface area contributed by atoms with E-state index in [1.807, 2.05) is 0 Å². The van der Waals surface area contributed by atoms with Crippen LogP contribution in [0.1, 0.15) is 0 Å². The molecule has 0 aliphatic carbocycles. The number of methoxy groups -OCH3 is 1. The van der Waals surface area contributed by atoms with Crippen LogP contribution in [0.5, 0.6) is 5.75 Å². The van der Waals surface area contributed by atoms with Gasteiger partial charge in [-0.25, -0.2) is 4.98 Å². The van der Waals surface area contributed by atoms with Crippen LogP contribution in [0.15, 0.2) is 16.7 Å². The molecule has 1 rings (SSSR count). The van der Waals surface area contributed by atoms with Crippen molar-refractivity contribution in [2.75, 3.05) is 7.11 Å². The molecule has 1 aromatic rings. The van der Waals surface area contributed by atoms with Crippen LogP contribution in [-0.2, 0) is 0 Å². The Morgan fingerprint density at radius 3 is 2.80 bits per heavy atom. The summed E-state index contributed by atoms with van der Waals surface area (Å²) >= 11 is 3.02. The number of ether oxygens (including phenoxy) is 1. The summed E-state index contributed by atoms with van der Waals surface area (Å²) in [7, 11) is 1.47. The first-order chi connectivity index (χ1) is 4.72. The number of hydrogen-bond donors (Lipinski definition) is 0. The van der Waals surface area contributed by atoms with E-state index < -0.39 is 5.95 Å². The summed E-state index contributed by atoms with van der Waals surface area (Å²) < 4.78 is 17.6. The highest BCUT2D eigenvalue weighted by Crippen LogP contribution is 2.16. The van der Waals surface area contributed by atoms with Crippen molar-refractivity contribution in [3.63, 3.8) is 0 Å². The standard InChI is InChI=1S/C6H5BrFNO/c1-10-4-2-5(7)9-6(8)3-4/h2-3H,1H3. The molecule has 54 valence electrons. The molecule has 0 aliphatic rings. The number of aromatic nitrogens is 1. The summed E-state index contributed by atoms with van der Waals surface area (Å²) in [5.74, 6) is -0.0920. The van der Waals surface area contributed by atoms with Crippen LogP contribution < -0.4 is 4.74 Å². The predicted molar refractivity (Wildman–Crippen MR) is 38.4 cm³/mol. The highest BCUT2D eigenvalue weighted by atomic mass is 79.9. The molecule has 0 aliphatic heterocycles. The van der Waals surface area contributed by atoms with Crippen LogP contribution in [0.25, 0.3) is 0 Å². The van der Waals surface area contributed by atoms with E-state index >= 15 is 0 Å². The number of nitrogens with zero attached hydrogens (tertiary/aromatic N) is 1. The molecule has 0 unspecified atom stereocenters. The first-order valence-corrected chi connectivity index (χ1v) is 3.39. The molecule has 1 aromatic heterocycles. The van der Waals surface area contributed by atoms with Crippen LogP contribution in [-0.4, -0.2) is 12.1 Å². The molecule has 1 heterocycles. The summed E-state index contributed by atoms with van der Waals surface area (Å²) in [6.45, 7) is 0. The highest BCUT2D eigenvalue weighted by Gasteiger charge is 1.97. The smallest absolute Gasteiger partial charge is 0.217 e. The lowest BCUT2D eigenvalue weighted by Crippen LogP contribution is -1.87. The molecule has 10 heavy (non-hydrogen) atoms. The minimum Gasteiger partial charge on any atom is -0.496 e. The Hall–Kier alpha value is -0.640. The van der Waals surface area contributed by atoms with Crippen molar-refractivity contribution in [3.8, 4) is 5.75 Å². The molecule has 2 nitrogen and oxygen atoms in total. The van der Waals surface area contributed by atoms with Gasteiger partial charge >= 0.3 is 0 Å². The van der Waals surface area contributed by atoms with Crippen molar-refractivity contribution in [2.24, 2.45) is 0 Å². The molecule has 0 radical (unpaired) electrons. The third-order valence-electron chi connectivity index (χ3n) is 0.972. The molecule has 0 saturated heterocycles. The minimum absolute atomic E-state index is 0.435. The maximum absolute atomic E-state index is 12.4. The van der Waals surface area contributed by atoms with Crippen LogP contribution >= 0.6 is 15.9 Å². The SMILES string of the molecule is COc1cc(F)nc(Br)c1. The predicted octanol–water partition coefficient (Wildman–Crippen LogP) is 1.99. The third-order valence-corrected chi connectivity index (χ3v) is 1.38. The average molecular weight is 206 g/mol. The molecule has 0 aromatic carbocycles. The minimum atomic E-state index is -0.550. The van der Waals surface area contributed by atoms with Gasteiger partial charge in [0.05, 0.1) is 7.11 Å². The van der Waals surface area contributed by atoms with Gasteiger partial charge in [0, 0.05) is 12.1 Å². The molecule has 0 fully saturated rings. The molecule has 0 bridgehead atoms. The fraction of sp³-hybridized carbons (Fsp3) is 0.167. The summed E-state index contributed by atoms with van der Waals surface area (Å²) in [4.78, 5) is 3.45. The highest BCUT2D eigenvalue weighted by molar-refractivity contribution is 9.10. The third kappa shape index (κ3) is 1.67. The topological polar surface area (TPSA) is 22.1 Å². The van der Waals surface area contributed by atoms with E-state index in [0.717, 1.165) is 0 Å². The van der Waals surface area contributed by atoms with Crippen LogP contribution in [0.3, 0.4) is 0 Å². The van der Waals surface area contributed by atoms with E-state index in [-0.39, 0.29) is 0 Å². The number of halogens is 2. The van der Waals surface area contributed by atoms with Gasteiger partial charge in [0.1, 0.15) is 10.4 Å². The number of hydrogen-bond acceptors (Lipinski definition) is 2. The Balaban J connectivity index is 3.06. The fourth-order valence-electron chi connectivity index (χ4n) is 0.561. The van der Waals surface area contributed by atoms with Gasteiger partial charge in [-0.1, -0.05) is 0 Å². The second-order valence-electron chi connectivity index (χ2n) is 1.65. The molecular formula is C6H5BrFNO. The summed E-state index contributed by atoms with van der Waals surface area (Å²) in [6.07, 6.45) is 0. The van der Waals surface area contributed by atoms with Crippen LogP contribution in [0, 0.1) is 5.95 Å². The largest absolute Gasteiger partial charge is 0.496 e. The summed E-state index contributed by atoms with van der Waals surface area (Å²) in [6, 6.07) is 2.80. The molecule has 0 atom stereocenters. The van der Waals surface area contributed by atoms with Crippen molar-refractivity contribution in [1.82, 2.24) is 4.98 Å². The number of rotatable bonds is 1. The first-order valence-electron chi connectivity index (χ1n) is 2.59. The second-order valence-corrected chi connectivity index (χ2v) is 2.46. The zero-order valence-corrected chi connectivity index (χ0v) is 6.85. The Bertz CT molecular complexity index is 221. The molecule has 0 amide bonds. The Kier molecular flexibility index (Phi) is 2.21. The summed E-state index contributed by atoms with van der Waals surface area (Å²) in [5, 5.41) is 0. The van der Waals surface area contributed by atoms with Crippen LogP contribution in [0.4, 0.5) is 4.39 Å². The van der Waals surface area contributed by atoms with Gasteiger partial charge < -0.3 is 4.74 Å². The van der Waals surface area contributed by atoms with E-state index in [1.54, 1.807) is 6.07 Å². The normalized spacial score (nSPS) is 9.50. The average Bonchev–Trinajstić information content (AvgIpc) is 1.85. The molecule has 0 spiro atoms. The van der Waals surface area contributed by atoms with E-state index in [9.17, 15) is 4.39 Å². The van der Waals surface area contributed by atoms with Crippen molar-refractivity contribution < 1.29 is 9.13 Å². The van der Waals surface area contributed by atoms with Gasteiger partial charge in [-0.15, -0.1) is 0 Å². The zero-order valence-electron chi connectivity index (χ0n) is 5.27. The van der Waals surface area contributed by atoms with Gasteiger partial charge in [0.25, 0.3) is 0 Å². The van der Waals surface area contributed by atoms with Gasteiger partial charge in [0.2, 0.25) is 5.95 Å². The van der Waals surface area contributed by atoms with Gasteiger partial charge in [0.15, 0.2) is 0 Å². The van der Waals surface area contributed by atoms with Crippen molar-refractivity contribution in [1.29, 1.82) is 0 Å². The van der Waals surface area contributed by atoms with Crippen molar-refractivity contribution in [3.05, 3.63) is 22.7 Å². The Morgan fingerprint density at radius 1 is 1.60 bits per heavy atom. The van der Waals surface area contributed by atoms with E-state index in [4.69, 9.17) is 4.74 Å². The fourth-order valence-corrected chi connectivity index (χ4v) is 0.956. The van der Waals surface area contributed by atoms with Crippen molar-refractivity contribution >= 4 is 15.9 Å². The molecule has 0 N–H and O–H groups in total. The Morgan fingerprint density at radius 2 is 2.30 bits per heavy atom. The first kappa shape index (κ1) is 7.47. The molecular weight excluding hydrogens is 201 g/mol. The maximum atomic E-state index is 12.4. The molecule has 4 heteroatoms. The van der Waals surface area contributed by atoms with Gasteiger partial charge in [-0.2, -0.15) is 4.39 Å². The lowest BCUT2D eigenvalue weighted by Gasteiger charge is -1.98. The number of pyridine rings is 1. The van der Waals surface area contributed by atoms with E-state index in [2.05, 4.69) is 20.9 Å². The lowest BCUT2D eigenvalue weighted by molar-refractivity contribution is 0.408. The second kappa shape index (κ2) is 2.96. The summed E-state index contributed by atoms with van der Waals surface area (Å²) in [5.41, 5.74) is 0. The monoisotopic (exact) mass is 205 g/mol. The van der Waals surface area contributed by atoms with Crippen molar-refractivity contribution in [2.45, 2.75) is 0 Å². The van der Waals surface area contributed by atoms with Gasteiger partial charge in [-0.05, 0) is 15.9 Å². The van der Waals surface area contributed by atoms with E-state index in [0.29, 0.717) is 10.4 Å². The van der Waals surface area contributed by atoms with E-state index in [1.165, 1.54) is 13.2 Å². The van der Waals surface area contributed by atoms with Gasteiger partial charge in [-0.3, -0.25) is 0 Å².